The van der Waals surface area contributed by atoms with Gasteiger partial charge in [0.1, 0.15) is 5.92 Å². The van der Waals surface area contributed by atoms with Crippen molar-refractivity contribution in [1.82, 2.24) is 4.90 Å². The molecule has 21 heavy (non-hydrogen) atoms. The second-order valence-electron chi connectivity index (χ2n) is 5.53. The lowest BCUT2D eigenvalue weighted by atomic mass is 9.95. The van der Waals surface area contributed by atoms with Crippen molar-refractivity contribution >= 4 is 11.7 Å². The molecule has 0 radical (unpaired) electrons. The molecular formula is C15H23N3O3. The van der Waals surface area contributed by atoms with Crippen LogP contribution in [-0.4, -0.2) is 45.6 Å². The molecule has 0 spiro atoms. The summed E-state index contributed by atoms with van der Waals surface area (Å²) in [5, 5.41) is 21.8. The Hall–Kier alpha value is -2.08. The molecule has 1 atom stereocenters. The molecule has 1 amide bonds. The van der Waals surface area contributed by atoms with Crippen molar-refractivity contribution in [3.63, 3.8) is 0 Å². The number of amides is 1. The zero-order chi connectivity index (χ0) is 16.0. The summed E-state index contributed by atoms with van der Waals surface area (Å²) in [7, 11) is 0. The summed E-state index contributed by atoms with van der Waals surface area (Å²) < 4.78 is 0. The lowest BCUT2D eigenvalue weighted by Gasteiger charge is -2.31. The average Bonchev–Trinajstić information content (AvgIpc) is 2.44. The molecule has 0 fully saturated rings. The molecule has 0 saturated carbocycles. The first-order valence-corrected chi connectivity index (χ1v) is 6.83. The van der Waals surface area contributed by atoms with Gasteiger partial charge in [0.15, 0.2) is 5.84 Å². The highest BCUT2D eigenvalue weighted by Gasteiger charge is 2.31. The number of nitrogens with two attached hydrogens (primary N) is 1. The van der Waals surface area contributed by atoms with Crippen LogP contribution < -0.4 is 5.73 Å². The summed E-state index contributed by atoms with van der Waals surface area (Å²) in [5.74, 6) is -1.33. The fourth-order valence-electron chi connectivity index (χ4n) is 2.14. The van der Waals surface area contributed by atoms with Gasteiger partial charge in [-0.3, -0.25) is 4.79 Å². The summed E-state index contributed by atoms with van der Waals surface area (Å²) in [5.41, 5.74) is 5.33. The van der Waals surface area contributed by atoms with Crippen LogP contribution in [0.2, 0.25) is 0 Å². The molecular weight excluding hydrogens is 270 g/mol. The van der Waals surface area contributed by atoms with Crippen LogP contribution in [0.4, 0.5) is 0 Å². The molecule has 6 heteroatoms. The summed E-state index contributed by atoms with van der Waals surface area (Å²) in [6.45, 7) is 5.67. The first-order chi connectivity index (χ1) is 9.80. The summed E-state index contributed by atoms with van der Waals surface area (Å²) in [6, 6.07) is 8.89. The van der Waals surface area contributed by atoms with Gasteiger partial charge in [0.2, 0.25) is 5.91 Å². The number of nitrogens with zero attached hydrogens (tertiary/aromatic N) is 2. The van der Waals surface area contributed by atoms with E-state index < -0.39 is 11.5 Å². The van der Waals surface area contributed by atoms with E-state index in [1.54, 1.807) is 38.1 Å². The van der Waals surface area contributed by atoms with Crippen molar-refractivity contribution in [3.8, 4) is 0 Å². The van der Waals surface area contributed by atoms with Gasteiger partial charge < -0.3 is 20.9 Å². The van der Waals surface area contributed by atoms with Gasteiger partial charge in [0.25, 0.3) is 0 Å². The molecule has 0 aliphatic heterocycles. The van der Waals surface area contributed by atoms with Crippen LogP contribution in [0.25, 0.3) is 0 Å². The van der Waals surface area contributed by atoms with Gasteiger partial charge in [-0.2, -0.15) is 0 Å². The van der Waals surface area contributed by atoms with Gasteiger partial charge in [-0.05, 0) is 26.3 Å². The zero-order valence-electron chi connectivity index (χ0n) is 12.7. The van der Waals surface area contributed by atoms with Crippen LogP contribution in [0.5, 0.6) is 0 Å². The number of aliphatic hydroxyl groups is 1. The van der Waals surface area contributed by atoms with Crippen molar-refractivity contribution in [1.29, 1.82) is 0 Å². The van der Waals surface area contributed by atoms with Crippen LogP contribution in [0.3, 0.4) is 0 Å². The largest absolute Gasteiger partial charge is 0.409 e. The quantitative estimate of drug-likeness (QED) is 0.317. The molecule has 0 saturated heterocycles. The van der Waals surface area contributed by atoms with E-state index in [1.165, 1.54) is 4.90 Å². The Balaban J connectivity index is 3.11. The van der Waals surface area contributed by atoms with Crippen molar-refractivity contribution in [3.05, 3.63) is 35.9 Å². The minimum absolute atomic E-state index is 0.166. The maximum Gasteiger partial charge on any atom is 0.237 e. The third-order valence-corrected chi connectivity index (χ3v) is 3.06. The highest BCUT2D eigenvalue weighted by molar-refractivity contribution is 6.07. The first-order valence-electron chi connectivity index (χ1n) is 6.83. The maximum absolute atomic E-state index is 12.7. The Bertz CT molecular complexity index is 495. The fourth-order valence-corrected chi connectivity index (χ4v) is 2.14. The van der Waals surface area contributed by atoms with Crippen LogP contribution in [-0.2, 0) is 4.79 Å². The van der Waals surface area contributed by atoms with Crippen LogP contribution in [0, 0.1) is 0 Å². The summed E-state index contributed by atoms with van der Waals surface area (Å²) in [4.78, 5) is 14.2. The predicted octanol–water partition coefficient (Wildman–Crippen LogP) is 1.14. The topological polar surface area (TPSA) is 99.2 Å². The van der Waals surface area contributed by atoms with E-state index in [1.807, 2.05) is 13.0 Å². The van der Waals surface area contributed by atoms with Crippen molar-refractivity contribution in [2.24, 2.45) is 10.9 Å². The fraction of sp³-hybridized carbons (Fsp3) is 0.467. The van der Waals surface area contributed by atoms with Crippen LogP contribution in [0.1, 0.15) is 32.3 Å². The van der Waals surface area contributed by atoms with E-state index in [9.17, 15) is 9.90 Å². The monoisotopic (exact) mass is 293 g/mol. The predicted molar refractivity (Wildman–Crippen MR) is 81.1 cm³/mol. The molecule has 1 unspecified atom stereocenters. The first kappa shape index (κ1) is 17.0. The van der Waals surface area contributed by atoms with Gasteiger partial charge in [-0.25, -0.2) is 0 Å². The van der Waals surface area contributed by atoms with Gasteiger partial charge in [-0.1, -0.05) is 35.5 Å². The number of carbonyl (C=O) groups excluding carboxylic acids is 1. The summed E-state index contributed by atoms with van der Waals surface area (Å²) >= 11 is 0. The number of benzene rings is 1. The van der Waals surface area contributed by atoms with E-state index >= 15 is 0 Å². The van der Waals surface area contributed by atoms with Gasteiger partial charge in [0, 0.05) is 13.1 Å². The van der Waals surface area contributed by atoms with Crippen LogP contribution in [0.15, 0.2) is 35.5 Å². The molecule has 4 N–H and O–H groups in total. The standard InChI is InChI=1S/C15H23N3O3/c1-4-18(10-15(2,3)20)14(19)12(13(16)17-21)11-8-6-5-7-9-11/h5-9,12,20-21H,4,10H2,1-3H3,(H2,16,17). The second-order valence-corrected chi connectivity index (χ2v) is 5.53. The van der Waals surface area contributed by atoms with E-state index in [4.69, 9.17) is 10.9 Å². The number of hydrogen-bond donors (Lipinski definition) is 3. The number of amidine groups is 1. The Morgan fingerprint density at radius 3 is 2.38 bits per heavy atom. The second kappa shape index (κ2) is 7.08. The molecule has 0 heterocycles. The van der Waals surface area contributed by atoms with Crippen molar-refractivity contribution in [2.75, 3.05) is 13.1 Å². The molecule has 6 nitrogen and oxygen atoms in total. The third kappa shape index (κ3) is 4.75. The molecule has 0 aliphatic rings. The van der Waals surface area contributed by atoms with Gasteiger partial charge in [0.05, 0.1) is 5.60 Å². The number of rotatable bonds is 6. The summed E-state index contributed by atoms with van der Waals surface area (Å²) in [6.07, 6.45) is 0. The smallest absolute Gasteiger partial charge is 0.237 e. The van der Waals surface area contributed by atoms with E-state index in [0.717, 1.165) is 0 Å². The number of carbonyl (C=O) groups is 1. The minimum atomic E-state index is -1.02. The SMILES string of the molecule is CCN(CC(C)(C)O)C(=O)C(C(N)=NO)c1ccccc1. The van der Waals surface area contributed by atoms with E-state index in [0.29, 0.717) is 12.1 Å². The zero-order valence-corrected chi connectivity index (χ0v) is 12.7. The molecule has 1 aromatic rings. The highest BCUT2D eigenvalue weighted by atomic mass is 16.4. The normalized spacial score (nSPS) is 13.8. The van der Waals surface area contributed by atoms with Crippen molar-refractivity contribution < 1.29 is 15.1 Å². The van der Waals surface area contributed by atoms with Crippen molar-refractivity contribution in [2.45, 2.75) is 32.3 Å². The van der Waals surface area contributed by atoms with Crippen LogP contribution >= 0.6 is 0 Å². The number of oxime groups is 1. The Morgan fingerprint density at radius 1 is 1.38 bits per heavy atom. The van der Waals surface area contributed by atoms with E-state index in [2.05, 4.69) is 5.16 Å². The average molecular weight is 293 g/mol. The van der Waals surface area contributed by atoms with Gasteiger partial charge in [-0.15, -0.1) is 0 Å². The maximum atomic E-state index is 12.7. The molecule has 1 aromatic carbocycles. The molecule has 1 rings (SSSR count). The molecule has 0 aromatic heterocycles. The number of hydrogen-bond acceptors (Lipinski definition) is 4. The molecule has 116 valence electrons. The third-order valence-electron chi connectivity index (χ3n) is 3.06. The molecule has 0 aliphatic carbocycles. The Labute approximate surface area is 124 Å². The number of likely N-dealkylation sites (N-methyl/N-ethyl adjacent to an activating group) is 1. The lowest BCUT2D eigenvalue weighted by Crippen LogP contribution is -2.46. The van der Waals surface area contributed by atoms with E-state index in [-0.39, 0.29) is 18.3 Å². The highest BCUT2D eigenvalue weighted by Crippen LogP contribution is 2.20. The van der Waals surface area contributed by atoms with Gasteiger partial charge >= 0.3 is 0 Å². The lowest BCUT2D eigenvalue weighted by molar-refractivity contribution is -0.134. The Morgan fingerprint density at radius 2 is 1.95 bits per heavy atom. The molecule has 0 bridgehead atoms. The Kier molecular flexibility index (Phi) is 5.72. The minimum Gasteiger partial charge on any atom is -0.409 e.